The number of ether oxygens (including phenoxy) is 2. The van der Waals surface area contributed by atoms with Gasteiger partial charge in [-0.05, 0) is 76.2 Å². The van der Waals surface area contributed by atoms with E-state index < -0.39 is 17.8 Å². The minimum atomic E-state index is -0.866. The third kappa shape index (κ3) is 4.88. The molecule has 1 heterocycles. The third-order valence-corrected chi connectivity index (χ3v) is 5.80. The van der Waals surface area contributed by atoms with Crippen molar-refractivity contribution in [2.75, 3.05) is 12.0 Å². The van der Waals surface area contributed by atoms with Crippen LogP contribution < -0.4 is 19.7 Å². The molecule has 1 fully saturated rings. The van der Waals surface area contributed by atoms with Crippen molar-refractivity contribution < 1.29 is 29.0 Å². The van der Waals surface area contributed by atoms with Gasteiger partial charge < -0.3 is 14.6 Å². The number of phenols is 1. The number of aromatic hydroxyl groups is 1. The lowest BCUT2D eigenvalue weighted by Crippen LogP contribution is -2.54. The number of anilines is 1. The third-order valence-electron chi connectivity index (χ3n) is 5.00. The van der Waals surface area contributed by atoms with E-state index in [1.807, 2.05) is 30.3 Å². The summed E-state index contributed by atoms with van der Waals surface area (Å²) in [5.74, 6) is -0.628. The number of hydrogen-bond donors (Lipinski definition) is 2. The normalized spacial score (nSPS) is 14.8. The largest absolute Gasteiger partial charge is 0.508 e. The Morgan fingerprint density at radius 1 is 1.03 bits per heavy atom. The zero-order valence-corrected chi connectivity index (χ0v) is 20.1. The lowest BCUT2D eigenvalue weighted by Gasteiger charge is -2.26. The molecule has 1 aliphatic heterocycles. The number of carbonyl (C=O) groups is 3. The van der Waals surface area contributed by atoms with Gasteiger partial charge in [-0.3, -0.25) is 14.9 Å². The molecule has 4 amide bonds. The molecule has 3 aromatic carbocycles. The number of benzene rings is 3. The fraction of sp³-hybridized carbons (Fsp3) is 0.0800. The van der Waals surface area contributed by atoms with Gasteiger partial charge in [0, 0.05) is 0 Å². The van der Waals surface area contributed by atoms with E-state index in [-0.39, 0.29) is 17.0 Å². The van der Waals surface area contributed by atoms with Crippen molar-refractivity contribution in [3.05, 3.63) is 87.0 Å². The number of carbonyl (C=O) groups excluding carboxylic acids is 3. The molecule has 172 valence electrons. The SMILES string of the molecule is COc1cc(/C=C2\C(=O)NC(=O)N(c3ccc(O)cc3)C2=O)cc(I)c1OCc1ccccc1. The van der Waals surface area contributed by atoms with Crippen LogP contribution in [0.5, 0.6) is 17.2 Å². The summed E-state index contributed by atoms with van der Waals surface area (Å²) >= 11 is 2.09. The van der Waals surface area contributed by atoms with Crippen molar-refractivity contribution in [1.29, 1.82) is 0 Å². The van der Waals surface area contributed by atoms with Gasteiger partial charge in [0.05, 0.1) is 16.4 Å². The molecule has 34 heavy (non-hydrogen) atoms. The number of hydrogen-bond acceptors (Lipinski definition) is 6. The Morgan fingerprint density at radius 2 is 1.74 bits per heavy atom. The Morgan fingerprint density at radius 3 is 2.41 bits per heavy atom. The van der Waals surface area contributed by atoms with Gasteiger partial charge in [-0.1, -0.05) is 30.3 Å². The number of nitrogens with one attached hydrogen (secondary N) is 1. The molecule has 0 saturated carbocycles. The number of amides is 4. The molecule has 8 nitrogen and oxygen atoms in total. The standard InChI is InChI=1S/C25H19IN2O6/c1-33-21-13-16(12-20(26)22(21)34-14-15-5-3-2-4-6-15)11-19-23(30)27-25(32)28(24(19)31)17-7-9-18(29)10-8-17/h2-13,29H,14H2,1H3,(H,27,30,32)/b19-11+. The molecule has 2 N–H and O–H groups in total. The predicted octanol–water partition coefficient (Wildman–Crippen LogP) is 4.25. The van der Waals surface area contributed by atoms with Crippen molar-refractivity contribution in [2.24, 2.45) is 0 Å². The average molecular weight is 570 g/mol. The van der Waals surface area contributed by atoms with Crippen LogP contribution in [0, 0.1) is 3.57 Å². The molecular weight excluding hydrogens is 551 g/mol. The Labute approximate surface area is 208 Å². The second-order valence-electron chi connectivity index (χ2n) is 7.28. The first-order valence-electron chi connectivity index (χ1n) is 10.1. The zero-order chi connectivity index (χ0) is 24.2. The highest BCUT2D eigenvalue weighted by atomic mass is 127. The lowest BCUT2D eigenvalue weighted by atomic mass is 10.1. The van der Waals surface area contributed by atoms with Gasteiger partial charge in [0.2, 0.25) is 0 Å². The van der Waals surface area contributed by atoms with E-state index in [1.165, 1.54) is 37.5 Å². The maximum absolute atomic E-state index is 13.1. The number of barbiturate groups is 1. The van der Waals surface area contributed by atoms with Crippen LogP contribution >= 0.6 is 22.6 Å². The molecule has 0 atom stereocenters. The molecule has 0 radical (unpaired) electrons. The highest BCUT2D eigenvalue weighted by molar-refractivity contribution is 14.1. The minimum Gasteiger partial charge on any atom is -0.508 e. The summed E-state index contributed by atoms with van der Waals surface area (Å²) in [6.45, 7) is 0.345. The van der Waals surface area contributed by atoms with Crippen LogP contribution in [0.1, 0.15) is 11.1 Å². The topological polar surface area (TPSA) is 105 Å². The summed E-state index contributed by atoms with van der Waals surface area (Å²) in [5.41, 5.74) is 1.51. The summed E-state index contributed by atoms with van der Waals surface area (Å²) in [6.07, 6.45) is 1.39. The van der Waals surface area contributed by atoms with Crippen molar-refractivity contribution in [3.8, 4) is 17.2 Å². The summed E-state index contributed by atoms with van der Waals surface area (Å²) < 4.78 is 12.2. The lowest BCUT2D eigenvalue weighted by molar-refractivity contribution is -0.122. The molecule has 1 aliphatic rings. The van der Waals surface area contributed by atoms with E-state index in [1.54, 1.807) is 12.1 Å². The first-order chi connectivity index (χ1) is 16.4. The van der Waals surface area contributed by atoms with Gasteiger partial charge in [0.1, 0.15) is 17.9 Å². The van der Waals surface area contributed by atoms with Crippen LogP contribution in [0.2, 0.25) is 0 Å². The maximum atomic E-state index is 13.1. The Bertz CT molecular complexity index is 1290. The van der Waals surface area contributed by atoms with Crippen LogP contribution in [0.3, 0.4) is 0 Å². The molecule has 0 aromatic heterocycles. The van der Waals surface area contributed by atoms with E-state index in [2.05, 4.69) is 27.9 Å². The summed E-state index contributed by atoms with van der Waals surface area (Å²) in [6, 6.07) is 17.7. The van der Waals surface area contributed by atoms with Crippen molar-refractivity contribution in [1.82, 2.24) is 5.32 Å². The van der Waals surface area contributed by atoms with Crippen LogP contribution in [0.15, 0.2) is 72.3 Å². The number of urea groups is 1. The fourth-order valence-electron chi connectivity index (χ4n) is 3.35. The summed E-state index contributed by atoms with van der Waals surface area (Å²) in [4.78, 5) is 38.7. The molecule has 1 saturated heterocycles. The van der Waals surface area contributed by atoms with E-state index in [0.717, 1.165) is 14.0 Å². The molecule has 9 heteroatoms. The van der Waals surface area contributed by atoms with Crippen molar-refractivity contribution in [3.63, 3.8) is 0 Å². The number of methoxy groups -OCH3 is 1. The van der Waals surface area contributed by atoms with Gasteiger partial charge in [-0.15, -0.1) is 0 Å². The van der Waals surface area contributed by atoms with Gasteiger partial charge in [-0.25, -0.2) is 9.69 Å². The second-order valence-corrected chi connectivity index (χ2v) is 8.44. The van der Waals surface area contributed by atoms with E-state index in [4.69, 9.17) is 9.47 Å². The zero-order valence-electron chi connectivity index (χ0n) is 17.9. The Balaban J connectivity index is 1.64. The predicted molar refractivity (Wildman–Crippen MR) is 134 cm³/mol. The van der Waals surface area contributed by atoms with E-state index in [0.29, 0.717) is 23.7 Å². The number of rotatable bonds is 6. The molecule has 0 aliphatic carbocycles. The van der Waals surface area contributed by atoms with Gasteiger partial charge >= 0.3 is 6.03 Å². The van der Waals surface area contributed by atoms with Crippen molar-refractivity contribution >= 4 is 52.2 Å². The quantitative estimate of drug-likeness (QED) is 0.261. The van der Waals surface area contributed by atoms with Crippen LogP contribution in [0.4, 0.5) is 10.5 Å². The highest BCUT2D eigenvalue weighted by Crippen LogP contribution is 2.35. The molecule has 0 spiro atoms. The maximum Gasteiger partial charge on any atom is 0.335 e. The summed E-state index contributed by atoms with van der Waals surface area (Å²) in [5, 5.41) is 11.7. The Kier molecular flexibility index (Phi) is 6.82. The smallest absolute Gasteiger partial charge is 0.335 e. The van der Waals surface area contributed by atoms with Crippen LogP contribution in [-0.2, 0) is 16.2 Å². The molecular formula is C25H19IN2O6. The first kappa shape index (κ1) is 23.3. The highest BCUT2D eigenvalue weighted by Gasteiger charge is 2.36. The molecule has 4 rings (SSSR count). The van der Waals surface area contributed by atoms with Gasteiger partial charge in [-0.2, -0.15) is 0 Å². The number of imide groups is 2. The summed E-state index contributed by atoms with van der Waals surface area (Å²) in [7, 11) is 1.50. The monoisotopic (exact) mass is 570 g/mol. The van der Waals surface area contributed by atoms with Gasteiger partial charge in [0.15, 0.2) is 11.5 Å². The first-order valence-corrected chi connectivity index (χ1v) is 11.2. The number of nitrogens with zero attached hydrogens (tertiary/aromatic N) is 1. The van der Waals surface area contributed by atoms with E-state index in [9.17, 15) is 19.5 Å². The van der Waals surface area contributed by atoms with E-state index >= 15 is 0 Å². The van der Waals surface area contributed by atoms with Crippen molar-refractivity contribution in [2.45, 2.75) is 6.61 Å². The number of halogens is 1. The van der Waals surface area contributed by atoms with Crippen LogP contribution in [-0.4, -0.2) is 30.1 Å². The molecule has 0 unspecified atom stereocenters. The van der Waals surface area contributed by atoms with Gasteiger partial charge in [0.25, 0.3) is 11.8 Å². The molecule has 3 aromatic rings. The average Bonchev–Trinajstić information content (AvgIpc) is 2.82. The molecule has 0 bridgehead atoms. The Hall–Kier alpha value is -3.86. The number of phenolic OH excluding ortho intramolecular Hbond substituents is 1. The van der Waals surface area contributed by atoms with Crippen LogP contribution in [0.25, 0.3) is 6.08 Å². The second kappa shape index (κ2) is 9.96. The minimum absolute atomic E-state index is 0.0169. The fourth-order valence-corrected chi connectivity index (χ4v) is 4.13.